The number of benzene rings is 1. The molecule has 6 nitrogen and oxygen atoms in total. The summed E-state index contributed by atoms with van der Waals surface area (Å²) in [7, 11) is 0. The number of hydrogen-bond acceptors (Lipinski definition) is 3. The van der Waals surface area contributed by atoms with Gasteiger partial charge in [0, 0.05) is 19.0 Å². The average molecular weight is 358 g/mol. The molecule has 2 atom stereocenters. The summed E-state index contributed by atoms with van der Waals surface area (Å²) in [5.41, 5.74) is 0.524. The Hall–Kier alpha value is -2.37. The molecule has 1 saturated heterocycles. The van der Waals surface area contributed by atoms with Crippen molar-refractivity contribution in [2.24, 2.45) is 11.8 Å². The maximum absolute atomic E-state index is 12.6. The number of carboxylic acid groups (broad SMARTS) is 1. The van der Waals surface area contributed by atoms with Crippen LogP contribution in [0.4, 0.5) is 0 Å². The van der Waals surface area contributed by atoms with Gasteiger partial charge in [-0.05, 0) is 37.2 Å². The normalized spacial score (nSPS) is 27.2. The molecular weight excluding hydrogens is 332 g/mol. The second kappa shape index (κ2) is 7.89. The number of nitrogens with one attached hydrogen (secondary N) is 1. The molecule has 1 saturated carbocycles. The zero-order valence-electron chi connectivity index (χ0n) is 15.1. The Morgan fingerprint density at radius 1 is 1.15 bits per heavy atom. The van der Waals surface area contributed by atoms with E-state index in [0.29, 0.717) is 18.0 Å². The highest BCUT2D eigenvalue weighted by Crippen LogP contribution is 2.31. The van der Waals surface area contributed by atoms with Gasteiger partial charge in [-0.25, -0.2) is 4.79 Å². The van der Waals surface area contributed by atoms with Crippen LogP contribution in [-0.4, -0.2) is 40.4 Å². The van der Waals surface area contributed by atoms with Crippen molar-refractivity contribution < 1.29 is 19.5 Å². The number of carbonyl (C=O) groups is 3. The summed E-state index contributed by atoms with van der Waals surface area (Å²) in [6, 6.07) is 7.75. The van der Waals surface area contributed by atoms with Crippen molar-refractivity contribution in [3.8, 4) is 0 Å². The number of likely N-dealkylation sites (tertiary alicyclic amines) is 1. The van der Waals surface area contributed by atoms with E-state index in [-0.39, 0.29) is 24.3 Å². The van der Waals surface area contributed by atoms with E-state index in [1.165, 1.54) is 0 Å². The maximum Gasteiger partial charge on any atom is 0.330 e. The Bertz CT molecular complexity index is 668. The minimum atomic E-state index is -1.10. The molecule has 2 fully saturated rings. The molecule has 1 aromatic carbocycles. The summed E-state index contributed by atoms with van der Waals surface area (Å²) in [4.78, 5) is 38.4. The Morgan fingerprint density at radius 3 is 2.42 bits per heavy atom. The van der Waals surface area contributed by atoms with Crippen molar-refractivity contribution in [3.63, 3.8) is 0 Å². The molecule has 2 aliphatic rings. The van der Waals surface area contributed by atoms with Crippen LogP contribution in [0.1, 0.15) is 50.6 Å². The molecule has 2 amide bonds. The zero-order valence-corrected chi connectivity index (χ0v) is 15.1. The largest absolute Gasteiger partial charge is 0.479 e. The number of amides is 2. The molecule has 26 heavy (non-hydrogen) atoms. The van der Waals surface area contributed by atoms with Crippen molar-refractivity contribution in [2.75, 3.05) is 6.54 Å². The second-order valence-electron chi connectivity index (χ2n) is 7.55. The number of nitrogens with zero attached hydrogens (tertiary/aromatic N) is 1. The number of carbonyl (C=O) groups excluding carboxylic acids is 2. The van der Waals surface area contributed by atoms with Crippen LogP contribution in [0, 0.1) is 11.8 Å². The van der Waals surface area contributed by atoms with E-state index in [2.05, 4.69) is 12.2 Å². The monoisotopic (exact) mass is 358 g/mol. The van der Waals surface area contributed by atoms with E-state index in [0.717, 1.165) is 25.7 Å². The third-order valence-corrected chi connectivity index (χ3v) is 5.62. The van der Waals surface area contributed by atoms with Gasteiger partial charge in [0.2, 0.25) is 11.8 Å². The van der Waals surface area contributed by atoms with Crippen LogP contribution >= 0.6 is 0 Å². The third-order valence-electron chi connectivity index (χ3n) is 5.62. The number of rotatable bonds is 5. The van der Waals surface area contributed by atoms with Crippen LogP contribution in [0.2, 0.25) is 0 Å². The fourth-order valence-electron chi connectivity index (χ4n) is 4.01. The van der Waals surface area contributed by atoms with Crippen LogP contribution in [0.5, 0.6) is 0 Å². The van der Waals surface area contributed by atoms with Crippen molar-refractivity contribution in [1.29, 1.82) is 0 Å². The van der Waals surface area contributed by atoms with Gasteiger partial charge in [-0.3, -0.25) is 9.59 Å². The van der Waals surface area contributed by atoms with E-state index in [4.69, 9.17) is 0 Å². The van der Waals surface area contributed by atoms with Crippen molar-refractivity contribution >= 4 is 17.8 Å². The van der Waals surface area contributed by atoms with Gasteiger partial charge in [-0.15, -0.1) is 0 Å². The molecule has 140 valence electrons. The van der Waals surface area contributed by atoms with Gasteiger partial charge >= 0.3 is 5.97 Å². The first-order chi connectivity index (χ1) is 12.5. The lowest BCUT2D eigenvalue weighted by Gasteiger charge is -2.33. The lowest BCUT2D eigenvalue weighted by atomic mass is 9.86. The van der Waals surface area contributed by atoms with Crippen molar-refractivity contribution in [1.82, 2.24) is 10.2 Å². The Balaban J connectivity index is 1.63. The summed E-state index contributed by atoms with van der Waals surface area (Å²) in [6.45, 7) is 2.62. The highest BCUT2D eigenvalue weighted by atomic mass is 16.4. The SMILES string of the molecule is CC1CCC(N2CC(C(=O)NC(C(=O)O)c3ccccc3)CC2=O)CC1. The van der Waals surface area contributed by atoms with Gasteiger partial charge in [0.1, 0.15) is 0 Å². The van der Waals surface area contributed by atoms with Crippen LogP contribution in [0.3, 0.4) is 0 Å². The predicted molar refractivity (Wildman–Crippen MR) is 96.2 cm³/mol. The Labute approximate surface area is 153 Å². The minimum Gasteiger partial charge on any atom is -0.479 e. The molecule has 1 aliphatic carbocycles. The molecule has 2 unspecified atom stereocenters. The molecule has 0 aromatic heterocycles. The quantitative estimate of drug-likeness (QED) is 0.846. The van der Waals surface area contributed by atoms with Gasteiger partial charge in [0.25, 0.3) is 0 Å². The molecule has 0 bridgehead atoms. The van der Waals surface area contributed by atoms with Crippen LogP contribution in [0.25, 0.3) is 0 Å². The summed E-state index contributed by atoms with van der Waals surface area (Å²) in [5, 5.41) is 12.1. The molecule has 6 heteroatoms. The van der Waals surface area contributed by atoms with Gasteiger partial charge in [0.15, 0.2) is 6.04 Å². The molecule has 1 heterocycles. The number of carboxylic acids is 1. The molecular formula is C20H26N2O4. The van der Waals surface area contributed by atoms with E-state index >= 15 is 0 Å². The van der Waals surface area contributed by atoms with Gasteiger partial charge in [-0.1, -0.05) is 37.3 Å². The van der Waals surface area contributed by atoms with Crippen LogP contribution in [0.15, 0.2) is 30.3 Å². The summed E-state index contributed by atoms with van der Waals surface area (Å²) in [5.74, 6) is -1.23. The van der Waals surface area contributed by atoms with Gasteiger partial charge in [0.05, 0.1) is 5.92 Å². The molecule has 1 aromatic rings. The van der Waals surface area contributed by atoms with Gasteiger partial charge < -0.3 is 15.3 Å². The topological polar surface area (TPSA) is 86.7 Å². The van der Waals surface area contributed by atoms with Crippen molar-refractivity contribution in [2.45, 2.75) is 51.1 Å². The molecule has 0 spiro atoms. The highest BCUT2D eigenvalue weighted by molar-refractivity contribution is 5.91. The van der Waals surface area contributed by atoms with Crippen LogP contribution < -0.4 is 5.32 Å². The fraction of sp³-hybridized carbons (Fsp3) is 0.550. The predicted octanol–water partition coefficient (Wildman–Crippen LogP) is 2.36. The average Bonchev–Trinajstić information content (AvgIpc) is 3.02. The van der Waals surface area contributed by atoms with E-state index in [1.54, 1.807) is 30.3 Å². The number of hydrogen-bond donors (Lipinski definition) is 2. The Kier molecular flexibility index (Phi) is 5.59. The lowest BCUT2D eigenvalue weighted by molar-refractivity contribution is -0.142. The third kappa shape index (κ3) is 4.06. The summed E-state index contributed by atoms with van der Waals surface area (Å²) >= 11 is 0. The molecule has 1 aliphatic heterocycles. The Morgan fingerprint density at radius 2 is 1.81 bits per heavy atom. The van der Waals surface area contributed by atoms with E-state index < -0.39 is 17.9 Å². The summed E-state index contributed by atoms with van der Waals surface area (Å²) in [6.07, 6.45) is 4.37. The minimum absolute atomic E-state index is 0.0105. The van der Waals surface area contributed by atoms with E-state index in [9.17, 15) is 19.5 Å². The van der Waals surface area contributed by atoms with Crippen molar-refractivity contribution in [3.05, 3.63) is 35.9 Å². The lowest BCUT2D eigenvalue weighted by Crippen LogP contribution is -2.41. The second-order valence-corrected chi connectivity index (χ2v) is 7.55. The maximum atomic E-state index is 12.6. The smallest absolute Gasteiger partial charge is 0.330 e. The standard InChI is InChI=1S/C20H26N2O4/c1-13-7-9-16(10-8-13)22-12-15(11-17(22)23)19(24)21-18(20(25)26)14-5-3-2-4-6-14/h2-6,13,15-16,18H,7-12H2,1H3,(H,21,24)(H,25,26). The van der Waals surface area contributed by atoms with E-state index in [1.807, 2.05) is 4.90 Å². The highest BCUT2D eigenvalue weighted by Gasteiger charge is 2.39. The molecule has 3 rings (SSSR count). The first-order valence-corrected chi connectivity index (χ1v) is 9.33. The summed E-state index contributed by atoms with van der Waals surface area (Å²) < 4.78 is 0. The van der Waals surface area contributed by atoms with Crippen LogP contribution in [-0.2, 0) is 14.4 Å². The first kappa shape index (κ1) is 18.4. The zero-order chi connectivity index (χ0) is 18.7. The first-order valence-electron chi connectivity index (χ1n) is 9.33. The fourth-order valence-corrected chi connectivity index (χ4v) is 4.01. The molecule has 2 N–H and O–H groups in total. The van der Waals surface area contributed by atoms with Gasteiger partial charge in [-0.2, -0.15) is 0 Å². The molecule has 0 radical (unpaired) electrons. The number of aliphatic carboxylic acids is 1.